The molecule has 0 saturated carbocycles. The fourth-order valence-electron chi connectivity index (χ4n) is 3.07. The van der Waals surface area contributed by atoms with Gasteiger partial charge >= 0.3 is 0 Å². The Morgan fingerprint density at radius 3 is 3.12 bits per heavy atom. The Morgan fingerprint density at radius 1 is 1.38 bits per heavy atom. The third kappa shape index (κ3) is 3.12. The molecule has 4 rings (SSSR count). The van der Waals surface area contributed by atoms with Crippen molar-refractivity contribution in [2.75, 3.05) is 24.6 Å². The quantitative estimate of drug-likeness (QED) is 0.592. The van der Waals surface area contributed by atoms with Crippen LogP contribution < -0.4 is 5.73 Å². The smallest absolute Gasteiger partial charge is 0.151 e. The number of hydrogen-bond donors (Lipinski definition) is 3. The molecule has 4 N–H and O–H groups in total. The first-order valence-electron chi connectivity index (χ1n) is 7.70. The van der Waals surface area contributed by atoms with Gasteiger partial charge < -0.3 is 15.8 Å². The molecule has 4 heterocycles. The summed E-state index contributed by atoms with van der Waals surface area (Å²) in [6.07, 6.45) is 4.93. The standard InChI is InChI=1S/C15H18N6OS2/c16-14-13-12(19-8-20-14)9(3-18-13)4-21-5-10(11(22)6-21)7-24-15-17-1-2-23-15/h1-3,8,10-11,18,22H,4-7H2,(H2,16,19,20)/t10-,11-/m1/s1. The number of aliphatic hydroxyl groups excluding tert-OH is 1. The third-order valence-corrected chi connectivity index (χ3v) is 6.43. The molecular weight excluding hydrogens is 344 g/mol. The van der Waals surface area contributed by atoms with Crippen LogP contribution in [0.15, 0.2) is 28.4 Å². The van der Waals surface area contributed by atoms with Crippen LogP contribution in [0.1, 0.15) is 5.56 Å². The minimum atomic E-state index is -0.303. The molecule has 0 aromatic carbocycles. The molecule has 2 atom stereocenters. The van der Waals surface area contributed by atoms with E-state index in [9.17, 15) is 5.11 Å². The van der Waals surface area contributed by atoms with Gasteiger partial charge in [-0.15, -0.1) is 11.3 Å². The van der Waals surface area contributed by atoms with E-state index in [0.717, 1.165) is 39.8 Å². The van der Waals surface area contributed by atoms with Crippen LogP contribution in [0, 0.1) is 5.92 Å². The van der Waals surface area contributed by atoms with E-state index in [0.29, 0.717) is 12.4 Å². The van der Waals surface area contributed by atoms with Crippen LogP contribution in [-0.4, -0.2) is 54.9 Å². The summed E-state index contributed by atoms with van der Waals surface area (Å²) in [5.74, 6) is 1.60. The van der Waals surface area contributed by atoms with Gasteiger partial charge in [0.25, 0.3) is 0 Å². The van der Waals surface area contributed by atoms with Crippen molar-refractivity contribution in [1.29, 1.82) is 0 Å². The highest BCUT2D eigenvalue weighted by Crippen LogP contribution is 2.29. The fraction of sp³-hybridized carbons (Fsp3) is 0.400. The summed E-state index contributed by atoms with van der Waals surface area (Å²) >= 11 is 3.36. The normalized spacial score (nSPS) is 21.7. The molecule has 0 spiro atoms. The van der Waals surface area contributed by atoms with Gasteiger partial charge in [-0.05, 0) is 0 Å². The lowest BCUT2D eigenvalue weighted by Gasteiger charge is -2.14. The molecule has 1 fully saturated rings. The van der Waals surface area contributed by atoms with E-state index in [2.05, 4.69) is 24.8 Å². The van der Waals surface area contributed by atoms with Gasteiger partial charge in [0.2, 0.25) is 0 Å². The Bertz CT molecular complexity index is 821. The number of rotatable bonds is 5. The molecule has 126 valence electrons. The molecule has 0 unspecified atom stereocenters. The van der Waals surface area contributed by atoms with Crippen molar-refractivity contribution in [1.82, 2.24) is 24.8 Å². The highest BCUT2D eigenvalue weighted by Gasteiger charge is 2.31. The van der Waals surface area contributed by atoms with Gasteiger partial charge in [0.15, 0.2) is 5.82 Å². The van der Waals surface area contributed by atoms with E-state index in [-0.39, 0.29) is 12.0 Å². The van der Waals surface area contributed by atoms with Crippen LogP contribution >= 0.6 is 23.1 Å². The summed E-state index contributed by atoms with van der Waals surface area (Å²) in [5, 5.41) is 12.3. The monoisotopic (exact) mass is 362 g/mol. The van der Waals surface area contributed by atoms with Crippen molar-refractivity contribution >= 4 is 39.9 Å². The average molecular weight is 362 g/mol. The number of nitrogens with one attached hydrogen (secondary N) is 1. The number of H-pyrrole nitrogens is 1. The average Bonchev–Trinajstić information content (AvgIpc) is 3.28. The van der Waals surface area contributed by atoms with E-state index in [1.54, 1.807) is 23.1 Å². The van der Waals surface area contributed by atoms with Crippen LogP contribution in [-0.2, 0) is 6.54 Å². The largest absolute Gasteiger partial charge is 0.391 e. The number of nitrogens with two attached hydrogens (primary N) is 1. The molecular formula is C15H18N6OS2. The molecule has 3 aromatic heterocycles. The summed E-state index contributed by atoms with van der Waals surface area (Å²) in [4.78, 5) is 18.0. The second-order valence-electron chi connectivity index (χ2n) is 5.93. The molecule has 0 radical (unpaired) electrons. The molecule has 0 bridgehead atoms. The lowest BCUT2D eigenvalue weighted by molar-refractivity contribution is 0.149. The van der Waals surface area contributed by atoms with Gasteiger partial charge in [0.1, 0.15) is 16.2 Å². The number of thioether (sulfide) groups is 1. The van der Waals surface area contributed by atoms with Gasteiger partial charge in [0.05, 0.1) is 11.6 Å². The Labute approximate surface area is 147 Å². The molecule has 0 aliphatic carbocycles. The highest BCUT2D eigenvalue weighted by molar-refractivity contribution is 8.01. The van der Waals surface area contributed by atoms with Crippen molar-refractivity contribution in [3.05, 3.63) is 29.7 Å². The first-order valence-corrected chi connectivity index (χ1v) is 9.56. The number of aliphatic hydroxyl groups is 1. The van der Waals surface area contributed by atoms with E-state index in [1.165, 1.54) is 6.33 Å². The second kappa shape index (κ2) is 6.67. The van der Waals surface area contributed by atoms with Crippen LogP contribution in [0.2, 0.25) is 0 Å². The number of aromatic amines is 1. The zero-order chi connectivity index (χ0) is 16.5. The number of nitrogen functional groups attached to an aromatic ring is 1. The number of anilines is 1. The Balaban J connectivity index is 1.41. The minimum Gasteiger partial charge on any atom is -0.391 e. The van der Waals surface area contributed by atoms with Gasteiger partial charge in [-0.2, -0.15) is 0 Å². The summed E-state index contributed by atoms with van der Waals surface area (Å²) in [6.45, 7) is 2.29. The molecule has 9 heteroatoms. The maximum atomic E-state index is 10.3. The summed E-state index contributed by atoms with van der Waals surface area (Å²) in [6, 6.07) is 0. The predicted molar refractivity (Wildman–Crippen MR) is 95.9 cm³/mol. The van der Waals surface area contributed by atoms with E-state index >= 15 is 0 Å². The van der Waals surface area contributed by atoms with Crippen LogP contribution in [0.3, 0.4) is 0 Å². The molecule has 7 nitrogen and oxygen atoms in total. The van der Waals surface area contributed by atoms with E-state index < -0.39 is 0 Å². The zero-order valence-corrected chi connectivity index (χ0v) is 14.6. The van der Waals surface area contributed by atoms with Crippen molar-refractivity contribution in [2.24, 2.45) is 5.92 Å². The molecule has 0 amide bonds. The number of thiazole rings is 1. The van der Waals surface area contributed by atoms with Gasteiger partial charge in [-0.3, -0.25) is 4.90 Å². The Kier molecular flexibility index (Phi) is 4.40. The second-order valence-corrected chi connectivity index (χ2v) is 8.09. The Hall–Kier alpha value is -1.68. The SMILES string of the molecule is Nc1ncnc2c(CN3C[C@H](CSc4nccs4)[C@H](O)C3)c[nH]c12. The predicted octanol–water partition coefficient (Wildman–Crippen LogP) is 1.58. The minimum absolute atomic E-state index is 0.254. The first kappa shape index (κ1) is 15.8. The number of fused-ring (bicyclic) bond motifs is 1. The summed E-state index contributed by atoms with van der Waals surface area (Å²) < 4.78 is 1.06. The topological polar surface area (TPSA) is 104 Å². The summed E-state index contributed by atoms with van der Waals surface area (Å²) in [5.41, 5.74) is 8.59. The molecule has 1 aliphatic rings. The van der Waals surface area contributed by atoms with Crippen molar-refractivity contribution in [2.45, 2.75) is 17.0 Å². The number of likely N-dealkylation sites (tertiary alicyclic amines) is 1. The van der Waals surface area contributed by atoms with Crippen LogP contribution in [0.4, 0.5) is 5.82 Å². The fourth-order valence-corrected chi connectivity index (χ4v) is 4.89. The number of β-amino-alcohol motifs (C(OH)–C–C–N with tert-alkyl or cyclic N) is 1. The molecule has 1 saturated heterocycles. The lowest BCUT2D eigenvalue weighted by Crippen LogP contribution is -2.21. The van der Waals surface area contributed by atoms with Crippen LogP contribution in [0.5, 0.6) is 0 Å². The highest BCUT2D eigenvalue weighted by atomic mass is 32.2. The Morgan fingerprint density at radius 2 is 2.29 bits per heavy atom. The molecule has 1 aliphatic heterocycles. The number of nitrogens with zero attached hydrogens (tertiary/aromatic N) is 4. The van der Waals surface area contributed by atoms with Crippen LogP contribution in [0.25, 0.3) is 11.0 Å². The van der Waals surface area contributed by atoms with E-state index in [1.807, 2.05) is 17.8 Å². The maximum absolute atomic E-state index is 10.3. The number of aromatic nitrogens is 4. The van der Waals surface area contributed by atoms with Gasteiger partial charge in [0, 0.05) is 54.6 Å². The zero-order valence-electron chi connectivity index (χ0n) is 12.9. The first-order chi connectivity index (χ1) is 11.7. The van der Waals surface area contributed by atoms with Gasteiger partial charge in [-0.1, -0.05) is 11.8 Å². The van der Waals surface area contributed by atoms with Gasteiger partial charge in [-0.25, -0.2) is 15.0 Å². The van der Waals surface area contributed by atoms with Crippen molar-refractivity contribution in [3.8, 4) is 0 Å². The summed E-state index contributed by atoms with van der Waals surface area (Å²) in [7, 11) is 0. The third-order valence-electron chi connectivity index (χ3n) is 4.28. The van der Waals surface area contributed by atoms with Crippen molar-refractivity contribution in [3.63, 3.8) is 0 Å². The lowest BCUT2D eigenvalue weighted by atomic mass is 10.1. The number of hydrogen-bond acceptors (Lipinski definition) is 8. The van der Waals surface area contributed by atoms with E-state index in [4.69, 9.17) is 5.73 Å². The molecule has 24 heavy (non-hydrogen) atoms. The van der Waals surface area contributed by atoms with Crippen molar-refractivity contribution < 1.29 is 5.11 Å². The maximum Gasteiger partial charge on any atom is 0.151 e. The molecule has 3 aromatic rings.